The van der Waals surface area contributed by atoms with Gasteiger partial charge in [-0.3, -0.25) is 4.99 Å². The molecule has 2 aromatic rings. The summed E-state index contributed by atoms with van der Waals surface area (Å²) in [6, 6.07) is 5.62. The second-order valence-corrected chi connectivity index (χ2v) is 7.22. The molecule has 0 radical (unpaired) electrons. The summed E-state index contributed by atoms with van der Waals surface area (Å²) in [5.41, 5.74) is 1.11. The Hall–Kier alpha value is -0.570. The van der Waals surface area contributed by atoms with Crippen LogP contribution in [0.3, 0.4) is 0 Å². The number of nitrogens with zero attached hydrogens (tertiary/aromatic N) is 2. The van der Waals surface area contributed by atoms with Gasteiger partial charge in [0.25, 0.3) is 0 Å². The van der Waals surface area contributed by atoms with E-state index < -0.39 is 0 Å². The van der Waals surface area contributed by atoms with Crippen molar-refractivity contribution in [2.45, 2.75) is 26.3 Å². The van der Waals surface area contributed by atoms with Gasteiger partial charge in [-0.15, -0.1) is 35.3 Å². The third-order valence-corrected chi connectivity index (χ3v) is 4.73. The van der Waals surface area contributed by atoms with Crippen molar-refractivity contribution in [2.75, 3.05) is 13.6 Å². The van der Waals surface area contributed by atoms with Gasteiger partial charge in [-0.1, -0.05) is 29.3 Å². The Morgan fingerprint density at radius 3 is 2.71 bits per heavy atom. The van der Waals surface area contributed by atoms with Crippen LogP contribution in [-0.4, -0.2) is 24.5 Å². The Kier molecular flexibility index (Phi) is 9.95. The molecule has 24 heavy (non-hydrogen) atoms. The largest absolute Gasteiger partial charge is 0.356 e. The summed E-state index contributed by atoms with van der Waals surface area (Å²) in [5.74, 6) is 0.778. The van der Waals surface area contributed by atoms with E-state index >= 15 is 0 Å². The Labute approximate surface area is 174 Å². The first-order chi connectivity index (χ1) is 11.1. The van der Waals surface area contributed by atoms with Crippen LogP contribution < -0.4 is 10.6 Å². The molecule has 1 heterocycles. The van der Waals surface area contributed by atoms with E-state index in [9.17, 15) is 0 Å². The fourth-order valence-corrected chi connectivity index (χ4v) is 3.30. The van der Waals surface area contributed by atoms with Crippen molar-refractivity contribution in [3.63, 3.8) is 0 Å². The Bertz CT molecular complexity index is 676. The smallest absolute Gasteiger partial charge is 0.191 e. The number of benzene rings is 1. The highest BCUT2D eigenvalue weighted by Gasteiger charge is 2.03. The van der Waals surface area contributed by atoms with E-state index in [-0.39, 0.29) is 24.0 Å². The molecule has 0 bridgehead atoms. The van der Waals surface area contributed by atoms with E-state index in [0.717, 1.165) is 40.9 Å². The van der Waals surface area contributed by atoms with Gasteiger partial charge in [0, 0.05) is 34.7 Å². The van der Waals surface area contributed by atoms with E-state index in [0.29, 0.717) is 11.6 Å². The number of rotatable bonds is 6. The summed E-state index contributed by atoms with van der Waals surface area (Å²) in [5, 5.41) is 9.00. The highest BCUT2D eigenvalue weighted by Crippen LogP contribution is 2.21. The predicted octanol–water partition coefficient (Wildman–Crippen LogP) is 4.67. The summed E-state index contributed by atoms with van der Waals surface area (Å²) in [6.07, 6.45) is 3.73. The first kappa shape index (κ1) is 21.5. The molecule has 4 nitrogen and oxygen atoms in total. The standard InChI is InChI=1S/C16H20Cl2N4S.HI/c1-11-9-21-15(23-11)10-22-16(19-2)20-7-3-4-12-5-6-13(17)8-14(12)18;/h5-6,8-9H,3-4,7,10H2,1-2H3,(H2,19,20,22);1H. The van der Waals surface area contributed by atoms with Gasteiger partial charge in [0.05, 0.1) is 6.54 Å². The van der Waals surface area contributed by atoms with E-state index in [4.69, 9.17) is 23.2 Å². The van der Waals surface area contributed by atoms with Crippen LogP contribution >= 0.6 is 58.5 Å². The van der Waals surface area contributed by atoms with Crippen LogP contribution in [0.1, 0.15) is 21.9 Å². The maximum absolute atomic E-state index is 6.17. The average Bonchev–Trinajstić information content (AvgIpc) is 2.94. The van der Waals surface area contributed by atoms with Gasteiger partial charge in [-0.25, -0.2) is 4.98 Å². The van der Waals surface area contributed by atoms with E-state index in [1.807, 2.05) is 18.3 Å². The Balaban J connectivity index is 0.00000288. The molecule has 0 amide bonds. The van der Waals surface area contributed by atoms with Gasteiger partial charge < -0.3 is 10.6 Å². The summed E-state index contributed by atoms with van der Waals surface area (Å²) >= 11 is 13.8. The number of hydrogen-bond donors (Lipinski definition) is 2. The van der Waals surface area contributed by atoms with Gasteiger partial charge in [0.1, 0.15) is 5.01 Å². The van der Waals surface area contributed by atoms with Crippen molar-refractivity contribution >= 4 is 64.5 Å². The lowest BCUT2D eigenvalue weighted by Gasteiger charge is -2.11. The first-order valence-corrected chi connectivity index (χ1v) is 8.95. The SMILES string of the molecule is CN=C(NCCCc1ccc(Cl)cc1Cl)NCc1ncc(C)s1.I. The number of hydrogen-bond acceptors (Lipinski definition) is 3. The number of thiazole rings is 1. The van der Waals surface area contributed by atoms with Crippen LogP contribution in [0.5, 0.6) is 0 Å². The van der Waals surface area contributed by atoms with Gasteiger partial charge in [-0.05, 0) is 37.5 Å². The number of aromatic nitrogens is 1. The Morgan fingerprint density at radius 1 is 1.29 bits per heavy atom. The van der Waals surface area contributed by atoms with Crippen LogP contribution in [0, 0.1) is 6.92 Å². The third kappa shape index (κ3) is 7.13. The average molecular weight is 499 g/mol. The van der Waals surface area contributed by atoms with Gasteiger partial charge in [0.15, 0.2) is 5.96 Å². The molecule has 132 valence electrons. The molecular weight excluding hydrogens is 478 g/mol. The van der Waals surface area contributed by atoms with E-state index in [1.165, 1.54) is 4.88 Å². The molecule has 0 saturated carbocycles. The Morgan fingerprint density at radius 2 is 2.08 bits per heavy atom. The fourth-order valence-electron chi connectivity index (χ4n) is 2.07. The molecule has 0 aliphatic carbocycles. The minimum absolute atomic E-state index is 0. The molecule has 0 aliphatic rings. The minimum Gasteiger partial charge on any atom is -0.356 e. The number of nitrogens with one attached hydrogen (secondary N) is 2. The molecule has 0 atom stereocenters. The highest BCUT2D eigenvalue weighted by molar-refractivity contribution is 14.0. The fraction of sp³-hybridized carbons (Fsp3) is 0.375. The first-order valence-electron chi connectivity index (χ1n) is 7.38. The zero-order chi connectivity index (χ0) is 16.7. The topological polar surface area (TPSA) is 49.3 Å². The molecule has 2 rings (SSSR count). The van der Waals surface area contributed by atoms with Gasteiger partial charge in [-0.2, -0.15) is 0 Å². The predicted molar refractivity (Wildman–Crippen MR) is 115 cm³/mol. The van der Waals surface area contributed by atoms with Crippen molar-refractivity contribution in [3.8, 4) is 0 Å². The summed E-state index contributed by atoms with van der Waals surface area (Å²) in [4.78, 5) is 9.75. The number of halogens is 3. The molecule has 1 aromatic heterocycles. The van der Waals surface area contributed by atoms with Crippen molar-refractivity contribution < 1.29 is 0 Å². The van der Waals surface area contributed by atoms with Crippen molar-refractivity contribution in [2.24, 2.45) is 4.99 Å². The second-order valence-electron chi connectivity index (χ2n) is 5.06. The quantitative estimate of drug-likeness (QED) is 0.263. The van der Waals surface area contributed by atoms with E-state index in [1.54, 1.807) is 24.5 Å². The van der Waals surface area contributed by atoms with Crippen LogP contribution in [0.2, 0.25) is 10.0 Å². The summed E-state index contributed by atoms with van der Waals surface area (Å²) < 4.78 is 0. The molecule has 0 fully saturated rings. The molecule has 1 aromatic carbocycles. The van der Waals surface area contributed by atoms with Crippen molar-refractivity contribution in [1.82, 2.24) is 15.6 Å². The van der Waals surface area contributed by atoms with Crippen molar-refractivity contribution in [1.29, 1.82) is 0 Å². The maximum Gasteiger partial charge on any atom is 0.191 e. The molecule has 0 spiro atoms. The lowest BCUT2D eigenvalue weighted by Crippen LogP contribution is -2.37. The molecule has 0 saturated heterocycles. The van der Waals surface area contributed by atoms with Crippen LogP contribution in [0.15, 0.2) is 29.4 Å². The third-order valence-electron chi connectivity index (χ3n) is 3.23. The van der Waals surface area contributed by atoms with Crippen LogP contribution in [0.4, 0.5) is 0 Å². The van der Waals surface area contributed by atoms with Crippen molar-refractivity contribution in [3.05, 3.63) is 49.9 Å². The number of aliphatic imine (C=N–C) groups is 1. The maximum atomic E-state index is 6.17. The normalized spacial score (nSPS) is 11.1. The number of aryl methyl sites for hydroxylation is 2. The molecule has 2 N–H and O–H groups in total. The number of guanidine groups is 1. The van der Waals surface area contributed by atoms with Gasteiger partial charge in [0.2, 0.25) is 0 Å². The van der Waals surface area contributed by atoms with Crippen LogP contribution in [0.25, 0.3) is 0 Å². The highest BCUT2D eigenvalue weighted by atomic mass is 127. The molecule has 0 aliphatic heterocycles. The molecule has 0 unspecified atom stereocenters. The van der Waals surface area contributed by atoms with Gasteiger partial charge >= 0.3 is 0 Å². The minimum atomic E-state index is 0. The molecular formula is C16H21Cl2IN4S. The van der Waals surface area contributed by atoms with Crippen LogP contribution in [-0.2, 0) is 13.0 Å². The second kappa shape index (κ2) is 11.1. The molecule has 8 heteroatoms. The zero-order valence-electron chi connectivity index (χ0n) is 13.6. The monoisotopic (exact) mass is 498 g/mol. The lowest BCUT2D eigenvalue weighted by atomic mass is 10.1. The summed E-state index contributed by atoms with van der Waals surface area (Å²) in [6.45, 7) is 3.55. The zero-order valence-corrected chi connectivity index (χ0v) is 18.3. The van der Waals surface area contributed by atoms with E-state index in [2.05, 4.69) is 27.5 Å². The lowest BCUT2D eigenvalue weighted by molar-refractivity contribution is 0.741. The summed E-state index contributed by atoms with van der Waals surface area (Å²) in [7, 11) is 1.76.